The molecule has 1 unspecified atom stereocenters. The minimum atomic E-state index is -3.61. The van der Waals surface area contributed by atoms with E-state index in [1.54, 1.807) is 30.3 Å². The second-order valence-electron chi connectivity index (χ2n) is 7.39. The predicted octanol–water partition coefficient (Wildman–Crippen LogP) is 4.54. The lowest BCUT2D eigenvalue weighted by Gasteiger charge is -2.40. The molecule has 0 bridgehead atoms. The van der Waals surface area contributed by atoms with Gasteiger partial charge in [-0.05, 0) is 61.6 Å². The number of nitrogens with zero attached hydrogens (tertiary/aromatic N) is 2. The molecule has 5 nitrogen and oxygen atoms in total. The molecule has 1 N–H and O–H groups in total. The van der Waals surface area contributed by atoms with Gasteiger partial charge in [-0.15, -0.1) is 0 Å². The number of fused-ring (bicyclic) bond motifs is 1. The number of hydrogen-bond donors (Lipinski definition) is 1. The Morgan fingerprint density at radius 2 is 1.89 bits per heavy atom. The van der Waals surface area contributed by atoms with Crippen LogP contribution in [-0.2, 0) is 10.0 Å². The van der Waals surface area contributed by atoms with Gasteiger partial charge in [0.15, 0.2) is 5.13 Å². The van der Waals surface area contributed by atoms with Crippen molar-refractivity contribution in [3.8, 4) is 0 Å². The number of halogens is 1. The number of benzene rings is 2. The van der Waals surface area contributed by atoms with E-state index < -0.39 is 10.0 Å². The van der Waals surface area contributed by atoms with Gasteiger partial charge in [-0.2, -0.15) is 4.31 Å². The van der Waals surface area contributed by atoms with E-state index in [1.165, 1.54) is 34.2 Å². The highest BCUT2D eigenvalue weighted by Gasteiger charge is 2.39. The Labute approximate surface area is 167 Å². The average Bonchev–Trinajstić information content (AvgIpc) is 3.00. The van der Waals surface area contributed by atoms with Crippen LogP contribution in [0.1, 0.15) is 37.3 Å². The van der Waals surface area contributed by atoms with E-state index in [1.807, 2.05) is 0 Å². The molecule has 8 heteroatoms. The molecule has 3 aromatic rings. The highest BCUT2D eigenvalue weighted by atomic mass is 32.2. The third-order valence-corrected chi connectivity index (χ3v) is 8.48. The largest absolute Gasteiger partial charge is 0.359 e. The monoisotopic (exact) mass is 417 g/mol. The number of nitrogens with one attached hydrogen (secondary N) is 1. The van der Waals surface area contributed by atoms with Crippen molar-refractivity contribution < 1.29 is 12.8 Å². The Bertz CT molecular complexity index is 1120. The van der Waals surface area contributed by atoms with E-state index in [0.717, 1.165) is 40.2 Å². The Hall–Kier alpha value is -2.03. The van der Waals surface area contributed by atoms with E-state index in [9.17, 15) is 12.8 Å². The summed E-state index contributed by atoms with van der Waals surface area (Å²) in [5.74, 6) is -0.320. The molecule has 2 fully saturated rings. The number of thiazole rings is 1. The summed E-state index contributed by atoms with van der Waals surface area (Å²) in [6.07, 6.45) is 4.31. The zero-order valence-electron chi connectivity index (χ0n) is 15.1. The van der Waals surface area contributed by atoms with Crippen molar-refractivity contribution in [2.45, 2.75) is 42.7 Å². The summed E-state index contributed by atoms with van der Waals surface area (Å²) in [7, 11) is -3.61. The van der Waals surface area contributed by atoms with Crippen LogP contribution >= 0.6 is 11.3 Å². The maximum Gasteiger partial charge on any atom is 0.243 e. The second kappa shape index (κ2) is 6.79. The Kier molecular flexibility index (Phi) is 4.37. The van der Waals surface area contributed by atoms with Gasteiger partial charge in [0.05, 0.1) is 21.2 Å². The fourth-order valence-electron chi connectivity index (χ4n) is 3.66. The minimum absolute atomic E-state index is 0.237. The lowest BCUT2D eigenvalue weighted by Crippen LogP contribution is -2.44. The average molecular weight is 418 g/mol. The number of anilines is 1. The van der Waals surface area contributed by atoms with E-state index in [-0.39, 0.29) is 16.8 Å². The fraction of sp³-hybridized carbons (Fsp3) is 0.350. The Balaban J connectivity index is 1.42. The molecule has 2 aromatic carbocycles. The predicted molar refractivity (Wildman–Crippen MR) is 109 cm³/mol. The lowest BCUT2D eigenvalue weighted by molar-refractivity contribution is 0.202. The zero-order valence-corrected chi connectivity index (χ0v) is 16.8. The first kappa shape index (κ1) is 18.0. The number of aromatic nitrogens is 1. The standard InChI is InChI=1S/C20H20FN3O2S2/c21-14-6-4-13(5-7-14)18-10-11-24(18)28(25,26)16-8-9-17-19(12-16)27-20(23-17)22-15-2-1-3-15/h4-9,12,15,18H,1-3,10-11H2,(H,22,23). The SMILES string of the molecule is O=S(=O)(c1ccc2nc(NC3CCC3)sc2c1)N1CCC1c1ccc(F)cc1. The van der Waals surface area contributed by atoms with Crippen molar-refractivity contribution in [1.29, 1.82) is 0 Å². The maximum absolute atomic E-state index is 13.2. The molecule has 2 aliphatic rings. The van der Waals surface area contributed by atoms with E-state index >= 15 is 0 Å². The van der Waals surface area contributed by atoms with Crippen LogP contribution in [0.25, 0.3) is 10.2 Å². The van der Waals surface area contributed by atoms with Gasteiger partial charge in [0.1, 0.15) is 5.82 Å². The summed E-state index contributed by atoms with van der Waals surface area (Å²) in [6, 6.07) is 11.4. The molecule has 0 amide bonds. The highest BCUT2D eigenvalue weighted by molar-refractivity contribution is 7.89. The molecular weight excluding hydrogens is 397 g/mol. The molecular formula is C20H20FN3O2S2. The van der Waals surface area contributed by atoms with Crippen molar-refractivity contribution in [3.63, 3.8) is 0 Å². The van der Waals surface area contributed by atoms with E-state index in [2.05, 4.69) is 10.3 Å². The topological polar surface area (TPSA) is 62.3 Å². The summed E-state index contributed by atoms with van der Waals surface area (Å²) in [5, 5.41) is 4.27. The van der Waals surface area contributed by atoms with E-state index in [0.29, 0.717) is 12.6 Å². The zero-order chi connectivity index (χ0) is 19.3. The molecule has 1 aliphatic carbocycles. The number of rotatable bonds is 5. The molecule has 1 saturated carbocycles. The van der Waals surface area contributed by atoms with Crippen molar-refractivity contribution in [1.82, 2.24) is 9.29 Å². The van der Waals surface area contributed by atoms with Crippen LogP contribution in [0.15, 0.2) is 47.4 Å². The van der Waals surface area contributed by atoms with Crippen molar-refractivity contribution in [3.05, 3.63) is 53.8 Å². The van der Waals surface area contributed by atoms with Crippen LogP contribution in [0, 0.1) is 5.82 Å². The van der Waals surface area contributed by atoms with Crippen molar-refractivity contribution in [2.75, 3.05) is 11.9 Å². The Morgan fingerprint density at radius 3 is 2.54 bits per heavy atom. The smallest absolute Gasteiger partial charge is 0.243 e. The molecule has 2 heterocycles. The second-order valence-corrected chi connectivity index (χ2v) is 10.3. The third-order valence-electron chi connectivity index (χ3n) is 5.62. The van der Waals surface area contributed by atoms with Crippen molar-refractivity contribution >= 4 is 36.7 Å². The molecule has 0 radical (unpaired) electrons. The summed E-state index contributed by atoms with van der Waals surface area (Å²) >= 11 is 1.49. The molecule has 146 valence electrons. The van der Waals surface area contributed by atoms with Crippen LogP contribution in [0.4, 0.5) is 9.52 Å². The molecule has 0 spiro atoms. The van der Waals surface area contributed by atoms with Crippen LogP contribution in [0.2, 0.25) is 0 Å². The van der Waals surface area contributed by atoms with Gasteiger partial charge in [0.2, 0.25) is 10.0 Å². The molecule has 1 saturated heterocycles. The maximum atomic E-state index is 13.2. The van der Waals surface area contributed by atoms with E-state index in [4.69, 9.17) is 0 Å². The van der Waals surface area contributed by atoms with Crippen LogP contribution in [-0.4, -0.2) is 30.3 Å². The lowest BCUT2D eigenvalue weighted by atomic mass is 9.93. The van der Waals surface area contributed by atoms with Gasteiger partial charge in [0.25, 0.3) is 0 Å². The highest BCUT2D eigenvalue weighted by Crippen LogP contribution is 2.39. The van der Waals surface area contributed by atoms with Gasteiger partial charge in [-0.3, -0.25) is 0 Å². The summed E-state index contributed by atoms with van der Waals surface area (Å²) in [4.78, 5) is 4.85. The quantitative estimate of drug-likeness (QED) is 0.662. The minimum Gasteiger partial charge on any atom is -0.359 e. The summed E-state index contributed by atoms with van der Waals surface area (Å²) < 4.78 is 41.9. The summed E-state index contributed by atoms with van der Waals surface area (Å²) in [6.45, 7) is 0.472. The number of hydrogen-bond acceptors (Lipinski definition) is 5. The van der Waals surface area contributed by atoms with Gasteiger partial charge >= 0.3 is 0 Å². The Morgan fingerprint density at radius 1 is 1.11 bits per heavy atom. The first-order valence-corrected chi connectivity index (χ1v) is 11.7. The van der Waals surface area contributed by atoms with Crippen LogP contribution in [0.5, 0.6) is 0 Å². The number of sulfonamides is 1. The molecule has 5 rings (SSSR count). The van der Waals surface area contributed by atoms with Gasteiger partial charge < -0.3 is 5.32 Å². The van der Waals surface area contributed by atoms with Crippen LogP contribution < -0.4 is 5.32 Å². The van der Waals surface area contributed by atoms with Crippen molar-refractivity contribution in [2.24, 2.45) is 0 Å². The first-order valence-electron chi connectivity index (χ1n) is 9.45. The normalized spacial score (nSPS) is 20.7. The van der Waals surface area contributed by atoms with Gasteiger partial charge in [-0.1, -0.05) is 23.5 Å². The molecule has 1 atom stereocenters. The third kappa shape index (κ3) is 3.09. The van der Waals surface area contributed by atoms with Gasteiger partial charge in [0, 0.05) is 12.6 Å². The van der Waals surface area contributed by atoms with Gasteiger partial charge in [-0.25, -0.2) is 17.8 Å². The fourth-order valence-corrected chi connectivity index (χ4v) is 6.40. The van der Waals surface area contributed by atoms with Crippen LogP contribution in [0.3, 0.4) is 0 Å². The molecule has 28 heavy (non-hydrogen) atoms. The molecule has 1 aromatic heterocycles. The molecule has 1 aliphatic heterocycles. The summed E-state index contributed by atoms with van der Waals surface area (Å²) in [5.41, 5.74) is 1.63. The first-order chi connectivity index (χ1) is 13.5.